The van der Waals surface area contributed by atoms with Crippen LogP contribution in [0.3, 0.4) is 0 Å². The first-order valence-corrected chi connectivity index (χ1v) is 9.60. The van der Waals surface area contributed by atoms with Crippen molar-refractivity contribution in [2.75, 3.05) is 0 Å². The fraction of sp³-hybridized carbons (Fsp3) is 0.300. The van der Waals surface area contributed by atoms with Crippen LogP contribution in [0.2, 0.25) is 0 Å². The number of alkyl halides is 3. The van der Waals surface area contributed by atoms with Gasteiger partial charge < -0.3 is 4.74 Å². The lowest BCUT2D eigenvalue weighted by atomic mass is 9.97. The molecule has 2 atom stereocenters. The molecule has 0 aromatic heterocycles. The number of aryl methyl sites for hydroxylation is 2. The number of hydrogen-bond donors (Lipinski definition) is 1. The van der Waals surface area contributed by atoms with E-state index in [1.165, 1.54) is 6.07 Å². The number of amides is 2. The average molecular weight is 407 g/mol. The Bertz CT molecular complexity index is 974. The van der Waals surface area contributed by atoms with Gasteiger partial charge >= 0.3 is 6.18 Å². The fourth-order valence-corrected chi connectivity index (χ4v) is 4.71. The Morgan fingerprint density at radius 3 is 2.57 bits per heavy atom. The Balaban J connectivity index is 1.54. The van der Waals surface area contributed by atoms with Crippen LogP contribution in [0.5, 0.6) is 11.5 Å². The number of rotatable bonds is 3. The fourth-order valence-electron chi connectivity index (χ4n) is 3.71. The number of halogens is 3. The molecule has 1 unspecified atom stereocenters. The van der Waals surface area contributed by atoms with Crippen LogP contribution in [0.4, 0.5) is 18.0 Å². The maximum atomic E-state index is 12.8. The summed E-state index contributed by atoms with van der Waals surface area (Å²) >= 11 is 1.02. The van der Waals surface area contributed by atoms with Crippen LogP contribution in [0.1, 0.15) is 34.6 Å². The van der Waals surface area contributed by atoms with E-state index in [0.29, 0.717) is 17.1 Å². The van der Waals surface area contributed by atoms with Crippen molar-refractivity contribution in [3.63, 3.8) is 0 Å². The molecule has 0 spiro atoms. The predicted octanol–water partition coefficient (Wildman–Crippen LogP) is 5.19. The quantitative estimate of drug-likeness (QED) is 0.761. The molecule has 0 bridgehead atoms. The lowest BCUT2D eigenvalue weighted by molar-refractivity contribution is -0.137. The number of fused-ring (bicyclic) bond motifs is 1. The minimum atomic E-state index is -4.39. The van der Waals surface area contributed by atoms with Gasteiger partial charge in [0.2, 0.25) is 5.91 Å². The first kappa shape index (κ1) is 18.9. The lowest BCUT2D eigenvalue weighted by Gasteiger charge is -2.16. The Morgan fingerprint density at radius 2 is 1.93 bits per heavy atom. The normalized spacial score (nSPS) is 21.6. The molecule has 2 aromatic rings. The summed E-state index contributed by atoms with van der Waals surface area (Å²) in [4.78, 5) is 23.4. The molecule has 1 heterocycles. The smallest absolute Gasteiger partial charge is 0.416 e. The van der Waals surface area contributed by atoms with Crippen molar-refractivity contribution in [2.24, 2.45) is 0 Å². The number of nitrogens with one attached hydrogen (secondary N) is 1. The summed E-state index contributed by atoms with van der Waals surface area (Å²) in [5.74, 6) is 0.600. The van der Waals surface area contributed by atoms with E-state index in [9.17, 15) is 22.8 Å². The minimum absolute atomic E-state index is 0.0340. The molecular formula is C20H16F3NO3S. The van der Waals surface area contributed by atoms with Crippen molar-refractivity contribution in [3.05, 3.63) is 58.7 Å². The van der Waals surface area contributed by atoms with Gasteiger partial charge in [0.15, 0.2) is 0 Å². The topological polar surface area (TPSA) is 55.4 Å². The maximum Gasteiger partial charge on any atom is 0.416 e. The van der Waals surface area contributed by atoms with Crippen LogP contribution in [0.25, 0.3) is 0 Å². The van der Waals surface area contributed by atoms with E-state index in [1.807, 2.05) is 12.1 Å². The molecule has 1 aliphatic heterocycles. The second-order valence-electron chi connectivity index (χ2n) is 6.90. The predicted molar refractivity (Wildman–Crippen MR) is 98.7 cm³/mol. The highest BCUT2D eigenvalue weighted by Crippen LogP contribution is 2.43. The number of imide groups is 1. The molecule has 28 heavy (non-hydrogen) atoms. The van der Waals surface area contributed by atoms with Crippen molar-refractivity contribution in [1.29, 1.82) is 0 Å². The first-order valence-electron chi connectivity index (χ1n) is 8.72. The third kappa shape index (κ3) is 3.48. The van der Waals surface area contributed by atoms with Gasteiger partial charge in [0.25, 0.3) is 5.24 Å². The van der Waals surface area contributed by atoms with E-state index in [2.05, 4.69) is 5.32 Å². The highest BCUT2D eigenvalue weighted by atomic mass is 32.2. The van der Waals surface area contributed by atoms with Crippen molar-refractivity contribution in [3.8, 4) is 11.5 Å². The zero-order valence-corrected chi connectivity index (χ0v) is 15.6. The van der Waals surface area contributed by atoms with Crippen LogP contribution in [-0.4, -0.2) is 16.4 Å². The van der Waals surface area contributed by atoms with Crippen LogP contribution in [0, 0.1) is 6.92 Å². The van der Waals surface area contributed by atoms with E-state index in [4.69, 9.17) is 4.74 Å². The van der Waals surface area contributed by atoms with Crippen LogP contribution in [-0.2, 0) is 17.4 Å². The Morgan fingerprint density at radius 1 is 1.14 bits per heavy atom. The molecule has 4 nitrogen and oxygen atoms in total. The summed E-state index contributed by atoms with van der Waals surface area (Å²) in [5.41, 5.74) is 1.72. The highest BCUT2D eigenvalue weighted by molar-refractivity contribution is 8.15. The van der Waals surface area contributed by atoms with Gasteiger partial charge in [0.05, 0.1) is 5.56 Å². The van der Waals surface area contributed by atoms with E-state index in [1.54, 1.807) is 13.0 Å². The first-order chi connectivity index (χ1) is 13.2. The zero-order valence-electron chi connectivity index (χ0n) is 14.8. The monoisotopic (exact) mass is 407 g/mol. The van der Waals surface area contributed by atoms with Gasteiger partial charge in [-0.2, -0.15) is 13.2 Å². The summed E-state index contributed by atoms with van der Waals surface area (Å²) in [6.07, 6.45) is -2.88. The number of carbonyl (C=O) groups is 2. The molecule has 1 aliphatic carbocycles. The van der Waals surface area contributed by atoms with Gasteiger partial charge in [0.1, 0.15) is 16.7 Å². The largest absolute Gasteiger partial charge is 0.457 e. The molecule has 0 saturated carbocycles. The molecule has 146 valence electrons. The van der Waals surface area contributed by atoms with Gasteiger partial charge in [-0.15, -0.1) is 0 Å². The third-order valence-electron chi connectivity index (χ3n) is 5.05. The number of thioether (sulfide) groups is 1. The molecule has 1 N–H and O–H groups in total. The second kappa shape index (κ2) is 6.84. The molecule has 2 amide bonds. The van der Waals surface area contributed by atoms with Crippen molar-refractivity contribution >= 4 is 22.9 Å². The lowest BCUT2D eigenvalue weighted by Crippen LogP contribution is -2.27. The van der Waals surface area contributed by atoms with Crippen LogP contribution < -0.4 is 10.1 Å². The Labute approximate surface area is 163 Å². The zero-order chi connectivity index (χ0) is 20.1. The summed E-state index contributed by atoms with van der Waals surface area (Å²) in [6, 6.07) is 8.85. The highest BCUT2D eigenvalue weighted by Gasteiger charge is 2.41. The van der Waals surface area contributed by atoms with Crippen molar-refractivity contribution in [2.45, 2.75) is 37.1 Å². The molecule has 1 fully saturated rings. The standard InChI is InChI=1S/C20H16F3NO3S/c1-10-8-12(20(21,22)23)3-7-16(10)27-13-4-6-14-11(9-13)2-5-15(14)17-18(25)24-19(26)28-17/h3-4,6-9,15,17H,2,5H2,1H3,(H,24,25,26)/t15-,17?/m1/s1. The van der Waals surface area contributed by atoms with Crippen molar-refractivity contribution < 1.29 is 27.5 Å². The van der Waals surface area contributed by atoms with Gasteiger partial charge in [-0.1, -0.05) is 17.8 Å². The molecule has 2 aliphatic rings. The Kier molecular flexibility index (Phi) is 4.61. The number of hydrogen-bond acceptors (Lipinski definition) is 4. The van der Waals surface area contributed by atoms with Gasteiger partial charge in [0, 0.05) is 5.92 Å². The summed E-state index contributed by atoms with van der Waals surface area (Å²) in [5, 5.41) is 1.58. The van der Waals surface area contributed by atoms with Crippen LogP contribution >= 0.6 is 11.8 Å². The van der Waals surface area contributed by atoms with Crippen molar-refractivity contribution in [1.82, 2.24) is 5.32 Å². The van der Waals surface area contributed by atoms with Crippen LogP contribution in [0.15, 0.2) is 36.4 Å². The number of carbonyl (C=O) groups excluding carboxylic acids is 2. The summed E-state index contributed by atoms with van der Waals surface area (Å²) in [6.45, 7) is 1.57. The summed E-state index contributed by atoms with van der Waals surface area (Å²) in [7, 11) is 0. The van der Waals surface area contributed by atoms with E-state index in [-0.39, 0.29) is 17.1 Å². The third-order valence-corrected chi connectivity index (χ3v) is 6.16. The molecule has 8 heteroatoms. The molecule has 0 radical (unpaired) electrons. The maximum absolute atomic E-state index is 12.8. The Hall–Kier alpha value is -2.48. The SMILES string of the molecule is Cc1cc(C(F)(F)F)ccc1Oc1ccc2c(c1)CC[C@H]2C1SC(=O)NC1=O. The molecular weight excluding hydrogens is 391 g/mol. The second-order valence-corrected chi connectivity index (χ2v) is 8.02. The van der Waals surface area contributed by atoms with Gasteiger partial charge in [-0.05, 0) is 66.8 Å². The van der Waals surface area contributed by atoms with Gasteiger partial charge in [-0.3, -0.25) is 14.9 Å². The average Bonchev–Trinajstić information content (AvgIpc) is 3.17. The van der Waals surface area contributed by atoms with Gasteiger partial charge in [-0.25, -0.2) is 0 Å². The number of benzene rings is 2. The molecule has 2 aromatic carbocycles. The van der Waals surface area contributed by atoms with E-state index >= 15 is 0 Å². The molecule has 4 rings (SSSR count). The van der Waals surface area contributed by atoms with E-state index in [0.717, 1.165) is 47.9 Å². The molecule has 1 saturated heterocycles. The van der Waals surface area contributed by atoms with E-state index < -0.39 is 17.0 Å². The summed E-state index contributed by atoms with van der Waals surface area (Å²) < 4.78 is 44.2. The minimum Gasteiger partial charge on any atom is -0.457 e. The number of ether oxygens (including phenoxy) is 1.